The van der Waals surface area contributed by atoms with Crippen molar-refractivity contribution in [1.29, 1.82) is 0 Å². The highest BCUT2D eigenvalue weighted by Crippen LogP contribution is 2.88. The van der Waals surface area contributed by atoms with Crippen LogP contribution in [0.3, 0.4) is 0 Å². The number of rotatable bonds is 6. The third-order valence-electron chi connectivity index (χ3n) is 13.4. The molecule has 7 aliphatic rings. The van der Waals surface area contributed by atoms with Crippen LogP contribution in [-0.2, 0) is 61.9 Å². The molecule has 4 aliphatic carbocycles. The lowest BCUT2D eigenvalue weighted by molar-refractivity contribution is -0.448. The lowest BCUT2D eigenvalue weighted by Gasteiger charge is -2.76. The van der Waals surface area contributed by atoms with Crippen LogP contribution in [0, 0.1) is 22.2 Å². The molecule has 4 bridgehead atoms. The third-order valence-corrected chi connectivity index (χ3v) is 13.4. The summed E-state index contributed by atoms with van der Waals surface area (Å²) in [5.74, 6) is -7.63. The highest BCUT2D eigenvalue weighted by molar-refractivity contribution is 5.86. The topological polar surface area (TPSA) is 213 Å². The minimum Gasteiger partial charge on any atom is -0.472 e. The van der Waals surface area contributed by atoms with Gasteiger partial charge in [0.2, 0.25) is 5.60 Å². The van der Waals surface area contributed by atoms with Gasteiger partial charge in [-0.05, 0) is 25.0 Å². The molecule has 0 unspecified atom stereocenters. The van der Waals surface area contributed by atoms with E-state index in [1.807, 2.05) is 0 Å². The van der Waals surface area contributed by atoms with Crippen molar-refractivity contribution in [3.05, 3.63) is 35.8 Å². The van der Waals surface area contributed by atoms with Gasteiger partial charge in [0.15, 0.2) is 17.8 Å². The molecule has 0 radical (unpaired) electrons. The SMILES string of the molecule is COC(=O)[C@@H](O)[C@@H]1[C@@]2(C)C[C@@]3(O)[C@@](OC(C)=O)([C@@H]2OC(C)=O)[C@@H]2O[C@]4(C)O[C@]5(C[C@@H](OC(C)=O)[C@@]6(C)C(=CC(=O)O[C@@H]6c6ccoc6)[C@]25O4)[C@@]13C. The number of aliphatic hydroxyl groups excluding tert-OH is 1. The van der Waals surface area contributed by atoms with Crippen LogP contribution in [0.1, 0.15) is 73.0 Å². The normalized spacial score (nSPS) is 50.0. The number of aliphatic hydroxyl groups is 2. The summed E-state index contributed by atoms with van der Waals surface area (Å²) in [5.41, 5.74) is -12.9. The molecule has 4 saturated carbocycles. The first kappa shape index (κ1) is 34.3. The van der Waals surface area contributed by atoms with Gasteiger partial charge in [0.05, 0.1) is 25.1 Å². The van der Waals surface area contributed by atoms with E-state index in [2.05, 4.69) is 0 Å². The molecule has 0 aromatic carbocycles. The summed E-state index contributed by atoms with van der Waals surface area (Å²) in [5, 5.41) is 25.6. The number of furan rings is 1. The molecule has 3 aliphatic heterocycles. The van der Waals surface area contributed by atoms with Crippen LogP contribution in [0.2, 0.25) is 0 Å². The van der Waals surface area contributed by atoms with Crippen molar-refractivity contribution >= 4 is 29.8 Å². The fourth-order valence-electron chi connectivity index (χ4n) is 12.3. The Balaban J connectivity index is 1.52. The Morgan fingerprint density at radius 2 is 1.69 bits per heavy atom. The van der Waals surface area contributed by atoms with Crippen molar-refractivity contribution in [2.24, 2.45) is 22.2 Å². The summed E-state index contributed by atoms with van der Waals surface area (Å²) >= 11 is 0. The predicted octanol–water partition coefficient (Wildman–Crippen LogP) is 1.30. The maximum absolute atomic E-state index is 13.8. The minimum absolute atomic E-state index is 0.143. The summed E-state index contributed by atoms with van der Waals surface area (Å²) in [7, 11) is 1.09. The van der Waals surface area contributed by atoms with Crippen LogP contribution in [0.5, 0.6) is 0 Å². The van der Waals surface area contributed by atoms with Gasteiger partial charge in [-0.25, -0.2) is 9.59 Å². The summed E-state index contributed by atoms with van der Waals surface area (Å²) in [6, 6.07) is 1.59. The third kappa shape index (κ3) is 3.43. The van der Waals surface area contributed by atoms with Crippen molar-refractivity contribution in [2.75, 3.05) is 7.11 Å². The molecule has 1 aromatic rings. The highest BCUT2D eigenvalue weighted by atomic mass is 17.0. The van der Waals surface area contributed by atoms with Crippen LogP contribution in [-0.4, -0.2) is 100.0 Å². The summed E-state index contributed by atoms with van der Waals surface area (Å²) in [6.07, 6.45) is -4.03. The smallest absolute Gasteiger partial charge is 0.335 e. The van der Waals surface area contributed by atoms with Crippen molar-refractivity contribution in [3.63, 3.8) is 0 Å². The molecule has 51 heavy (non-hydrogen) atoms. The second-order valence-electron chi connectivity index (χ2n) is 15.7. The van der Waals surface area contributed by atoms with E-state index >= 15 is 0 Å². The van der Waals surface area contributed by atoms with Crippen molar-refractivity contribution < 1.29 is 76.5 Å². The van der Waals surface area contributed by atoms with Crippen LogP contribution in [0.4, 0.5) is 0 Å². The van der Waals surface area contributed by atoms with Gasteiger partial charge in [0.25, 0.3) is 5.97 Å². The first-order valence-electron chi connectivity index (χ1n) is 16.7. The van der Waals surface area contributed by atoms with Gasteiger partial charge in [-0.3, -0.25) is 14.4 Å². The molecule has 1 spiro atoms. The van der Waals surface area contributed by atoms with Crippen molar-refractivity contribution in [1.82, 2.24) is 0 Å². The summed E-state index contributed by atoms with van der Waals surface area (Å²) in [4.78, 5) is 66.4. The van der Waals surface area contributed by atoms with Crippen molar-refractivity contribution in [2.45, 2.75) is 120 Å². The number of cyclic esters (lactones) is 1. The quantitative estimate of drug-likeness (QED) is 0.314. The zero-order valence-electron chi connectivity index (χ0n) is 29.3. The molecule has 276 valence electrons. The molecule has 16 nitrogen and oxygen atoms in total. The number of hydrogen-bond acceptors (Lipinski definition) is 16. The lowest BCUT2D eigenvalue weighted by atomic mass is 9.34. The summed E-state index contributed by atoms with van der Waals surface area (Å²) < 4.78 is 55.2. The fraction of sp³-hybridized carbons (Fsp3) is 0.686. The van der Waals surface area contributed by atoms with Gasteiger partial charge in [0.1, 0.15) is 29.5 Å². The fourth-order valence-corrected chi connectivity index (χ4v) is 12.3. The standard InChI is InChI=1S/C35H40O16/c1-15(36)45-20-12-33-30(6)23(22(40)25(41)43-8)28(4)14-32(30,42)35(48-17(3)38,26(28)46-16(2)37)27-34(33,51-31(7,49-27)50-33)19-11-21(39)47-24(29(19,20)5)18-9-10-44-13-18/h9-11,13,20,22-24,26-27,40,42H,12,14H2,1-8H3/t20-,22+,23-,24-,26-,27-,28-,29-,30+,31-,32+,33-,34+,35-/m1/s1. The maximum Gasteiger partial charge on any atom is 0.335 e. The van der Waals surface area contributed by atoms with E-state index in [9.17, 15) is 34.2 Å². The molecule has 2 saturated heterocycles. The van der Waals surface area contributed by atoms with Crippen LogP contribution >= 0.6 is 0 Å². The Kier molecular flexibility index (Phi) is 6.57. The zero-order valence-corrected chi connectivity index (χ0v) is 29.3. The van der Waals surface area contributed by atoms with Gasteiger partial charge in [-0.15, -0.1) is 0 Å². The van der Waals surface area contributed by atoms with E-state index in [-0.39, 0.29) is 18.4 Å². The number of carbonyl (C=O) groups excluding carboxylic acids is 5. The predicted molar refractivity (Wildman–Crippen MR) is 162 cm³/mol. The van der Waals surface area contributed by atoms with E-state index in [4.69, 9.17) is 42.3 Å². The Morgan fingerprint density at radius 3 is 2.27 bits per heavy atom. The largest absolute Gasteiger partial charge is 0.472 e. The van der Waals surface area contributed by atoms with E-state index in [1.165, 1.54) is 32.4 Å². The number of hydrogen-bond donors (Lipinski definition) is 2. The molecule has 14 atom stereocenters. The molecule has 4 heterocycles. The van der Waals surface area contributed by atoms with Gasteiger partial charge in [-0.2, -0.15) is 0 Å². The van der Waals surface area contributed by atoms with E-state index in [0.29, 0.717) is 5.56 Å². The van der Waals surface area contributed by atoms with Gasteiger partial charge in [-0.1, -0.05) is 13.8 Å². The van der Waals surface area contributed by atoms with Crippen molar-refractivity contribution in [3.8, 4) is 0 Å². The number of ether oxygens (including phenoxy) is 8. The molecule has 1 aromatic heterocycles. The molecule has 6 fully saturated rings. The number of methoxy groups -OCH3 is 1. The molecular weight excluding hydrogens is 676 g/mol. The second-order valence-corrected chi connectivity index (χ2v) is 15.7. The Bertz CT molecular complexity index is 1820. The maximum atomic E-state index is 13.8. The molecule has 16 heteroatoms. The average Bonchev–Trinajstić information content (AvgIpc) is 3.79. The second kappa shape index (κ2) is 9.77. The van der Waals surface area contributed by atoms with E-state index < -0.39 is 111 Å². The monoisotopic (exact) mass is 716 g/mol. The van der Waals surface area contributed by atoms with Gasteiger partial charge in [0, 0.05) is 62.5 Å². The van der Waals surface area contributed by atoms with Crippen LogP contribution in [0.15, 0.2) is 34.7 Å². The van der Waals surface area contributed by atoms with Crippen LogP contribution in [0.25, 0.3) is 0 Å². The first-order valence-corrected chi connectivity index (χ1v) is 16.7. The highest BCUT2D eigenvalue weighted by Gasteiger charge is 3.04. The minimum atomic E-state index is -2.31. The van der Waals surface area contributed by atoms with Crippen LogP contribution < -0.4 is 0 Å². The van der Waals surface area contributed by atoms with E-state index in [0.717, 1.165) is 21.0 Å². The Hall–Kier alpha value is -3.83. The molecule has 0 amide bonds. The molecular formula is C35H40O16. The molecule has 8 rings (SSSR count). The van der Waals surface area contributed by atoms with E-state index in [1.54, 1.807) is 26.8 Å². The van der Waals surface area contributed by atoms with Gasteiger partial charge < -0.3 is 52.5 Å². The number of esters is 5. The average molecular weight is 717 g/mol. The lowest BCUT2D eigenvalue weighted by Crippen LogP contribution is -2.94. The number of fused-ring (bicyclic) bond motifs is 4. The molecule has 2 N–H and O–H groups in total. The van der Waals surface area contributed by atoms with Gasteiger partial charge >= 0.3 is 29.8 Å². The Morgan fingerprint density at radius 1 is 1.00 bits per heavy atom. The summed E-state index contributed by atoms with van der Waals surface area (Å²) in [6.45, 7) is 9.82. The first-order chi connectivity index (χ1) is 23.7. The zero-order chi connectivity index (χ0) is 37.1. The Labute approximate surface area is 291 Å². The number of carbonyl (C=O) groups is 5.